The van der Waals surface area contributed by atoms with E-state index in [4.69, 9.17) is 10.5 Å². The van der Waals surface area contributed by atoms with Crippen LogP contribution in [0.2, 0.25) is 0 Å². The van der Waals surface area contributed by atoms with Crippen molar-refractivity contribution in [3.63, 3.8) is 0 Å². The summed E-state index contributed by atoms with van der Waals surface area (Å²) in [5, 5.41) is 0.781. The molecule has 1 heterocycles. The number of carbonyl (C=O) groups excluding carboxylic acids is 1. The first-order chi connectivity index (χ1) is 10.2. The molecule has 0 radical (unpaired) electrons. The molecule has 0 aliphatic rings. The second kappa shape index (κ2) is 5.25. The number of carbonyl (C=O) groups is 1. The fraction of sp³-hybridized carbons (Fsp3) is 0.0588. The molecule has 1 aromatic heterocycles. The fourth-order valence-corrected chi connectivity index (χ4v) is 2.26. The Kier molecular flexibility index (Phi) is 3.28. The Morgan fingerprint density at radius 3 is 2.52 bits per heavy atom. The van der Waals surface area contributed by atoms with E-state index in [-0.39, 0.29) is 5.97 Å². The van der Waals surface area contributed by atoms with Crippen molar-refractivity contribution in [1.82, 2.24) is 4.98 Å². The van der Waals surface area contributed by atoms with E-state index in [1.807, 2.05) is 48.5 Å². The van der Waals surface area contributed by atoms with Gasteiger partial charge in [-0.05, 0) is 24.3 Å². The maximum Gasteiger partial charge on any atom is 0.338 e. The van der Waals surface area contributed by atoms with E-state index in [2.05, 4.69) is 4.98 Å². The van der Waals surface area contributed by atoms with Crippen LogP contribution in [0.15, 0.2) is 54.6 Å². The van der Waals surface area contributed by atoms with Crippen molar-refractivity contribution < 1.29 is 9.53 Å². The van der Waals surface area contributed by atoms with E-state index in [0.29, 0.717) is 16.9 Å². The van der Waals surface area contributed by atoms with Crippen LogP contribution >= 0.6 is 0 Å². The van der Waals surface area contributed by atoms with Crippen LogP contribution in [-0.2, 0) is 4.74 Å². The molecule has 2 aromatic carbocycles. The van der Waals surface area contributed by atoms with Crippen LogP contribution in [0.4, 0.5) is 5.69 Å². The minimum absolute atomic E-state index is 0.370. The highest BCUT2D eigenvalue weighted by molar-refractivity contribution is 6.04. The molecule has 0 aliphatic heterocycles. The van der Waals surface area contributed by atoms with E-state index in [1.54, 1.807) is 6.07 Å². The van der Waals surface area contributed by atoms with Gasteiger partial charge in [-0.1, -0.05) is 30.3 Å². The van der Waals surface area contributed by atoms with Crippen LogP contribution in [0.5, 0.6) is 0 Å². The lowest BCUT2D eigenvalue weighted by molar-refractivity contribution is 0.0603. The van der Waals surface area contributed by atoms with Crippen LogP contribution in [0.3, 0.4) is 0 Å². The van der Waals surface area contributed by atoms with Crippen molar-refractivity contribution in [3.05, 3.63) is 60.2 Å². The molecular formula is C17H14N2O2. The largest absolute Gasteiger partial charge is 0.465 e. The average Bonchev–Trinajstić information content (AvgIpc) is 2.53. The van der Waals surface area contributed by atoms with Gasteiger partial charge in [0.15, 0.2) is 0 Å². The Balaban J connectivity index is 2.25. The first-order valence-electron chi connectivity index (χ1n) is 6.53. The summed E-state index contributed by atoms with van der Waals surface area (Å²) in [5.74, 6) is -0.370. The number of rotatable bonds is 2. The van der Waals surface area contributed by atoms with Gasteiger partial charge in [0.05, 0.1) is 23.9 Å². The number of para-hydroxylation sites is 1. The van der Waals surface area contributed by atoms with Crippen LogP contribution < -0.4 is 5.73 Å². The lowest BCUT2D eigenvalue weighted by Gasteiger charge is -2.08. The van der Waals surface area contributed by atoms with Crippen molar-refractivity contribution in [3.8, 4) is 11.3 Å². The Morgan fingerprint density at radius 1 is 1.10 bits per heavy atom. The first-order valence-corrected chi connectivity index (χ1v) is 6.53. The lowest BCUT2D eigenvalue weighted by Crippen LogP contribution is -2.03. The third-order valence-corrected chi connectivity index (χ3v) is 3.33. The Bertz CT molecular complexity index is 811. The number of pyridine rings is 1. The molecule has 3 aromatic rings. The molecule has 104 valence electrons. The Labute approximate surface area is 122 Å². The van der Waals surface area contributed by atoms with Crippen LogP contribution in [0.25, 0.3) is 22.2 Å². The summed E-state index contributed by atoms with van der Waals surface area (Å²) in [6, 6.07) is 16.6. The monoisotopic (exact) mass is 278 g/mol. The molecule has 0 fully saturated rings. The quantitative estimate of drug-likeness (QED) is 0.577. The normalized spacial score (nSPS) is 10.5. The zero-order chi connectivity index (χ0) is 14.8. The van der Waals surface area contributed by atoms with E-state index >= 15 is 0 Å². The van der Waals surface area contributed by atoms with Gasteiger partial charge in [-0.2, -0.15) is 0 Å². The molecule has 21 heavy (non-hydrogen) atoms. The van der Waals surface area contributed by atoms with Crippen LogP contribution in [0.1, 0.15) is 10.4 Å². The Hall–Kier alpha value is -2.88. The summed E-state index contributed by atoms with van der Waals surface area (Å²) in [4.78, 5) is 16.6. The second-order valence-corrected chi connectivity index (χ2v) is 4.69. The van der Waals surface area contributed by atoms with Gasteiger partial charge in [-0.25, -0.2) is 9.78 Å². The Morgan fingerprint density at radius 2 is 1.81 bits per heavy atom. The molecule has 0 unspecified atom stereocenters. The first kappa shape index (κ1) is 13.1. The summed E-state index contributed by atoms with van der Waals surface area (Å²) >= 11 is 0. The molecule has 0 spiro atoms. The molecule has 3 rings (SSSR count). The predicted octanol–water partition coefficient (Wildman–Crippen LogP) is 3.27. The minimum atomic E-state index is -0.370. The number of nitrogens with zero attached hydrogens (tertiary/aromatic N) is 1. The number of fused-ring (bicyclic) bond motifs is 1. The van der Waals surface area contributed by atoms with Gasteiger partial charge in [0.2, 0.25) is 0 Å². The summed E-state index contributed by atoms with van der Waals surface area (Å²) in [6.45, 7) is 0. The SMILES string of the molecule is COC(=O)c1cc(-c2ccc(N)cc2)nc2ccccc12. The minimum Gasteiger partial charge on any atom is -0.465 e. The zero-order valence-corrected chi connectivity index (χ0v) is 11.5. The molecule has 4 nitrogen and oxygen atoms in total. The number of hydrogen-bond acceptors (Lipinski definition) is 4. The van der Waals surface area contributed by atoms with E-state index in [0.717, 1.165) is 16.5 Å². The molecule has 0 saturated carbocycles. The molecule has 4 heteroatoms. The van der Waals surface area contributed by atoms with Gasteiger partial charge in [-0.15, -0.1) is 0 Å². The number of benzene rings is 2. The van der Waals surface area contributed by atoms with Gasteiger partial charge < -0.3 is 10.5 Å². The standard InChI is InChI=1S/C17H14N2O2/c1-21-17(20)14-10-16(11-6-8-12(18)9-7-11)19-15-5-3-2-4-13(14)15/h2-10H,18H2,1H3. The number of esters is 1. The lowest BCUT2D eigenvalue weighted by atomic mass is 10.0. The van der Waals surface area contributed by atoms with E-state index < -0.39 is 0 Å². The molecule has 2 N–H and O–H groups in total. The van der Waals surface area contributed by atoms with Gasteiger partial charge in [0, 0.05) is 16.6 Å². The van der Waals surface area contributed by atoms with Gasteiger partial charge in [0.25, 0.3) is 0 Å². The summed E-state index contributed by atoms with van der Waals surface area (Å²) < 4.78 is 4.87. The second-order valence-electron chi connectivity index (χ2n) is 4.69. The molecule has 0 amide bonds. The third-order valence-electron chi connectivity index (χ3n) is 3.33. The van der Waals surface area contributed by atoms with Crippen LogP contribution in [-0.4, -0.2) is 18.1 Å². The number of nitrogens with two attached hydrogens (primary N) is 1. The number of anilines is 1. The van der Waals surface area contributed by atoms with Crippen molar-refractivity contribution in [2.75, 3.05) is 12.8 Å². The van der Waals surface area contributed by atoms with Crippen molar-refractivity contribution in [2.45, 2.75) is 0 Å². The summed E-state index contributed by atoms with van der Waals surface area (Å²) in [6.07, 6.45) is 0. The van der Waals surface area contributed by atoms with Crippen molar-refractivity contribution in [2.24, 2.45) is 0 Å². The molecule has 0 saturated heterocycles. The molecule has 0 atom stereocenters. The maximum absolute atomic E-state index is 12.0. The predicted molar refractivity (Wildman–Crippen MR) is 82.9 cm³/mol. The molecular weight excluding hydrogens is 264 g/mol. The highest BCUT2D eigenvalue weighted by atomic mass is 16.5. The topological polar surface area (TPSA) is 65.2 Å². The average molecular weight is 278 g/mol. The van der Waals surface area contributed by atoms with Crippen LogP contribution in [0, 0.1) is 0 Å². The van der Waals surface area contributed by atoms with E-state index in [1.165, 1.54) is 7.11 Å². The highest BCUT2D eigenvalue weighted by Crippen LogP contribution is 2.25. The fourth-order valence-electron chi connectivity index (χ4n) is 2.26. The van der Waals surface area contributed by atoms with Crippen molar-refractivity contribution >= 4 is 22.6 Å². The van der Waals surface area contributed by atoms with Gasteiger partial charge in [-0.3, -0.25) is 0 Å². The highest BCUT2D eigenvalue weighted by Gasteiger charge is 2.13. The summed E-state index contributed by atoms with van der Waals surface area (Å²) in [5.41, 5.74) is 9.27. The number of hydrogen-bond donors (Lipinski definition) is 1. The third kappa shape index (κ3) is 2.43. The van der Waals surface area contributed by atoms with Crippen molar-refractivity contribution in [1.29, 1.82) is 0 Å². The number of aromatic nitrogens is 1. The number of nitrogen functional groups attached to an aromatic ring is 1. The van der Waals surface area contributed by atoms with Gasteiger partial charge >= 0.3 is 5.97 Å². The summed E-state index contributed by atoms with van der Waals surface area (Å²) in [7, 11) is 1.38. The zero-order valence-electron chi connectivity index (χ0n) is 11.5. The van der Waals surface area contributed by atoms with E-state index in [9.17, 15) is 4.79 Å². The molecule has 0 aliphatic carbocycles. The number of ether oxygens (including phenoxy) is 1. The molecule has 0 bridgehead atoms. The van der Waals surface area contributed by atoms with Gasteiger partial charge in [0.1, 0.15) is 0 Å². The smallest absolute Gasteiger partial charge is 0.338 e. The number of methoxy groups -OCH3 is 1. The maximum atomic E-state index is 12.0.